The van der Waals surface area contributed by atoms with Gasteiger partial charge in [0.1, 0.15) is 0 Å². The largest absolute Gasteiger partial charge is 0.451 e. The van der Waals surface area contributed by atoms with Gasteiger partial charge in [0.15, 0.2) is 17.7 Å². The van der Waals surface area contributed by atoms with Gasteiger partial charge >= 0.3 is 5.97 Å². The number of fused-ring (bicyclic) bond motifs is 1. The molecule has 0 aliphatic carbocycles. The Morgan fingerprint density at radius 3 is 2.21 bits per heavy atom. The Labute approximate surface area is 187 Å². The van der Waals surface area contributed by atoms with Gasteiger partial charge in [0, 0.05) is 5.56 Å². The Balaban J connectivity index is 1.55. The number of carbonyl (C=O) groups is 4. The Hall–Kier alpha value is -4.20. The predicted octanol–water partition coefficient (Wildman–Crippen LogP) is 4.50. The summed E-state index contributed by atoms with van der Waals surface area (Å²) < 4.78 is 31.7. The standard InChI is InChI=1S/C25H17F2NO5/c1-13-5-3-4-6-21(13)28-23(30)17-9-7-16(11-18(17)24(28)31)25(32)33-14(2)22(29)15-8-10-19(26)20(27)12-15/h3-12,14H,1-2H3. The van der Waals surface area contributed by atoms with E-state index >= 15 is 0 Å². The number of imide groups is 1. The molecule has 0 bridgehead atoms. The van der Waals surface area contributed by atoms with Crippen LogP contribution in [0.25, 0.3) is 0 Å². The van der Waals surface area contributed by atoms with Crippen LogP contribution in [0.3, 0.4) is 0 Å². The van der Waals surface area contributed by atoms with Crippen LogP contribution >= 0.6 is 0 Å². The van der Waals surface area contributed by atoms with Crippen LogP contribution in [-0.4, -0.2) is 29.7 Å². The van der Waals surface area contributed by atoms with Crippen molar-refractivity contribution in [2.24, 2.45) is 0 Å². The SMILES string of the molecule is Cc1ccccc1N1C(=O)c2ccc(C(=O)OC(C)C(=O)c3ccc(F)c(F)c3)cc2C1=O. The van der Waals surface area contributed by atoms with E-state index < -0.39 is 41.3 Å². The van der Waals surface area contributed by atoms with Crippen molar-refractivity contribution < 1.29 is 32.7 Å². The first kappa shape index (κ1) is 22.0. The Morgan fingerprint density at radius 2 is 1.52 bits per heavy atom. The first-order chi connectivity index (χ1) is 15.7. The lowest BCUT2D eigenvalue weighted by molar-refractivity contribution is 0.0318. The van der Waals surface area contributed by atoms with Gasteiger partial charge in [0.25, 0.3) is 11.8 Å². The van der Waals surface area contributed by atoms with Gasteiger partial charge < -0.3 is 4.74 Å². The first-order valence-electron chi connectivity index (χ1n) is 9.97. The van der Waals surface area contributed by atoms with Crippen LogP contribution < -0.4 is 4.90 Å². The fourth-order valence-electron chi connectivity index (χ4n) is 3.57. The van der Waals surface area contributed by atoms with E-state index in [1.54, 1.807) is 31.2 Å². The predicted molar refractivity (Wildman–Crippen MR) is 114 cm³/mol. The third-order valence-corrected chi connectivity index (χ3v) is 5.34. The number of aryl methyl sites for hydroxylation is 1. The van der Waals surface area contributed by atoms with Crippen molar-refractivity contribution in [3.05, 3.63) is 100 Å². The third-order valence-electron chi connectivity index (χ3n) is 5.34. The molecule has 0 spiro atoms. The number of anilines is 1. The second kappa shape index (κ2) is 8.38. The molecule has 0 radical (unpaired) electrons. The lowest BCUT2D eigenvalue weighted by atomic mass is 10.1. The number of carbonyl (C=O) groups excluding carboxylic acids is 4. The minimum absolute atomic E-state index is 0.0357. The van der Waals surface area contributed by atoms with Gasteiger partial charge in [-0.25, -0.2) is 18.5 Å². The van der Waals surface area contributed by atoms with E-state index in [0.717, 1.165) is 28.7 Å². The number of rotatable bonds is 5. The summed E-state index contributed by atoms with van der Waals surface area (Å²) >= 11 is 0. The van der Waals surface area contributed by atoms with E-state index in [1.165, 1.54) is 25.1 Å². The Morgan fingerprint density at radius 1 is 0.848 bits per heavy atom. The number of hydrogen-bond donors (Lipinski definition) is 0. The number of esters is 1. The van der Waals surface area contributed by atoms with Crippen molar-refractivity contribution in [3.63, 3.8) is 0 Å². The minimum atomic E-state index is -1.29. The van der Waals surface area contributed by atoms with Crippen molar-refractivity contribution in [2.45, 2.75) is 20.0 Å². The Kier molecular flexibility index (Phi) is 5.59. The number of ether oxygens (including phenoxy) is 1. The van der Waals surface area contributed by atoms with Crippen molar-refractivity contribution in [2.75, 3.05) is 4.90 Å². The molecule has 0 saturated heterocycles. The highest BCUT2D eigenvalue weighted by Gasteiger charge is 2.38. The highest BCUT2D eigenvalue weighted by atomic mass is 19.2. The maximum Gasteiger partial charge on any atom is 0.338 e. The van der Waals surface area contributed by atoms with Gasteiger partial charge in [-0.3, -0.25) is 14.4 Å². The van der Waals surface area contributed by atoms with Crippen molar-refractivity contribution >= 4 is 29.3 Å². The zero-order valence-corrected chi connectivity index (χ0v) is 17.6. The van der Waals surface area contributed by atoms with Crippen molar-refractivity contribution in [1.29, 1.82) is 0 Å². The van der Waals surface area contributed by atoms with Gasteiger partial charge in [-0.05, 0) is 61.9 Å². The molecule has 0 N–H and O–H groups in total. The summed E-state index contributed by atoms with van der Waals surface area (Å²) in [7, 11) is 0. The fraction of sp³-hybridized carbons (Fsp3) is 0.120. The topological polar surface area (TPSA) is 80.8 Å². The van der Waals surface area contributed by atoms with Gasteiger partial charge in [0.05, 0.1) is 22.4 Å². The number of benzene rings is 3. The van der Waals surface area contributed by atoms with Crippen molar-refractivity contribution in [1.82, 2.24) is 0 Å². The molecule has 0 aromatic heterocycles. The van der Waals surface area contributed by atoms with E-state index in [4.69, 9.17) is 4.74 Å². The summed E-state index contributed by atoms with van der Waals surface area (Å²) in [5.41, 5.74) is 1.17. The second-order valence-electron chi connectivity index (χ2n) is 7.53. The molecule has 33 heavy (non-hydrogen) atoms. The normalized spacial score (nSPS) is 13.6. The van der Waals surface area contributed by atoms with E-state index in [1.807, 2.05) is 0 Å². The zero-order chi connectivity index (χ0) is 23.9. The van der Waals surface area contributed by atoms with Crippen LogP contribution in [0.2, 0.25) is 0 Å². The van der Waals surface area contributed by atoms with E-state index in [9.17, 15) is 28.0 Å². The summed E-state index contributed by atoms with van der Waals surface area (Å²) in [6.07, 6.45) is -1.29. The van der Waals surface area contributed by atoms with Crippen LogP contribution in [-0.2, 0) is 4.74 Å². The maximum atomic E-state index is 13.4. The van der Waals surface area contributed by atoms with Crippen LogP contribution in [0.1, 0.15) is 53.9 Å². The molecule has 8 heteroatoms. The number of nitrogens with zero attached hydrogens (tertiary/aromatic N) is 1. The Bertz CT molecular complexity index is 1330. The molecule has 1 unspecified atom stereocenters. The average Bonchev–Trinajstić information content (AvgIpc) is 3.05. The quantitative estimate of drug-likeness (QED) is 0.326. The molecular weight excluding hydrogens is 432 g/mol. The minimum Gasteiger partial charge on any atom is -0.451 e. The lowest BCUT2D eigenvalue weighted by Gasteiger charge is -2.16. The molecule has 3 aromatic carbocycles. The summed E-state index contributed by atoms with van der Waals surface area (Å²) in [5.74, 6) is -5.01. The van der Waals surface area contributed by atoms with E-state index in [0.29, 0.717) is 5.69 Å². The molecular formula is C25H17F2NO5. The van der Waals surface area contributed by atoms with Crippen LogP contribution in [0.5, 0.6) is 0 Å². The monoisotopic (exact) mass is 449 g/mol. The number of ketones is 1. The molecule has 6 nitrogen and oxygen atoms in total. The smallest absolute Gasteiger partial charge is 0.338 e. The number of para-hydroxylation sites is 1. The number of amides is 2. The highest BCUT2D eigenvalue weighted by Crippen LogP contribution is 2.31. The molecule has 0 fully saturated rings. The van der Waals surface area contributed by atoms with Crippen LogP contribution in [0.15, 0.2) is 60.7 Å². The van der Waals surface area contributed by atoms with Gasteiger partial charge in [0.2, 0.25) is 5.78 Å². The summed E-state index contributed by atoms with van der Waals surface area (Å²) in [6.45, 7) is 3.07. The van der Waals surface area contributed by atoms with E-state index in [-0.39, 0.29) is 22.3 Å². The van der Waals surface area contributed by atoms with Gasteiger partial charge in [-0.15, -0.1) is 0 Å². The molecule has 2 amide bonds. The number of Topliss-reactive ketones (excluding diaryl/α,β-unsaturated/α-hetero) is 1. The average molecular weight is 449 g/mol. The molecule has 166 valence electrons. The molecule has 1 aliphatic heterocycles. The second-order valence-corrected chi connectivity index (χ2v) is 7.53. The van der Waals surface area contributed by atoms with Crippen molar-refractivity contribution in [3.8, 4) is 0 Å². The molecule has 0 saturated carbocycles. The fourth-order valence-corrected chi connectivity index (χ4v) is 3.57. The zero-order valence-electron chi connectivity index (χ0n) is 17.6. The number of hydrogen-bond acceptors (Lipinski definition) is 5. The molecule has 1 atom stereocenters. The van der Waals surface area contributed by atoms with Gasteiger partial charge in [-0.1, -0.05) is 18.2 Å². The third kappa shape index (κ3) is 3.91. The van der Waals surface area contributed by atoms with Crippen LogP contribution in [0.4, 0.5) is 14.5 Å². The van der Waals surface area contributed by atoms with E-state index in [2.05, 4.69) is 0 Å². The number of halogens is 2. The molecule has 1 heterocycles. The maximum absolute atomic E-state index is 13.4. The lowest BCUT2D eigenvalue weighted by Crippen LogP contribution is -2.29. The summed E-state index contributed by atoms with van der Waals surface area (Å²) in [6, 6.07) is 13.5. The first-order valence-corrected chi connectivity index (χ1v) is 9.97. The molecule has 4 rings (SSSR count). The summed E-state index contributed by atoms with van der Waals surface area (Å²) in [4.78, 5) is 51.8. The molecule has 3 aromatic rings. The highest BCUT2D eigenvalue weighted by molar-refractivity contribution is 6.35. The molecule has 1 aliphatic rings. The van der Waals surface area contributed by atoms with Gasteiger partial charge in [-0.2, -0.15) is 0 Å². The van der Waals surface area contributed by atoms with Crippen LogP contribution in [0, 0.1) is 18.6 Å². The summed E-state index contributed by atoms with van der Waals surface area (Å²) in [5, 5.41) is 0.